The summed E-state index contributed by atoms with van der Waals surface area (Å²) in [5.41, 5.74) is 2.81. The molecule has 2 amide bonds. The molecule has 1 aliphatic heterocycles. The van der Waals surface area contributed by atoms with Gasteiger partial charge in [0.1, 0.15) is 12.3 Å². The monoisotopic (exact) mass is 326 g/mol. The molecular weight excluding hydrogens is 304 g/mol. The third-order valence-electron chi connectivity index (χ3n) is 4.58. The van der Waals surface area contributed by atoms with Crippen LogP contribution >= 0.6 is 0 Å². The van der Waals surface area contributed by atoms with E-state index in [-0.39, 0.29) is 17.9 Å². The number of furan rings is 1. The summed E-state index contributed by atoms with van der Waals surface area (Å²) in [5, 5.41) is 2.76. The zero-order chi connectivity index (χ0) is 17.1. The fourth-order valence-electron chi connectivity index (χ4n) is 3.30. The van der Waals surface area contributed by atoms with Crippen molar-refractivity contribution in [3.8, 4) is 0 Å². The van der Waals surface area contributed by atoms with Crippen LogP contribution in [0.15, 0.2) is 47.3 Å². The minimum Gasteiger partial charge on any atom is -0.472 e. The average molecular weight is 326 g/mol. The highest BCUT2D eigenvalue weighted by molar-refractivity contribution is 5.97. The fourth-order valence-corrected chi connectivity index (χ4v) is 3.30. The van der Waals surface area contributed by atoms with Crippen molar-refractivity contribution in [3.05, 3.63) is 59.5 Å². The molecule has 0 bridgehead atoms. The number of hydrogen-bond acceptors (Lipinski definition) is 3. The summed E-state index contributed by atoms with van der Waals surface area (Å²) in [5.74, 6) is -0.339. The van der Waals surface area contributed by atoms with E-state index in [2.05, 4.69) is 24.4 Å². The highest BCUT2D eigenvalue weighted by atomic mass is 16.3. The topological polar surface area (TPSA) is 62.6 Å². The van der Waals surface area contributed by atoms with Crippen molar-refractivity contribution < 1.29 is 14.0 Å². The Morgan fingerprint density at radius 1 is 1.29 bits per heavy atom. The Bertz CT molecular complexity index is 724. The van der Waals surface area contributed by atoms with Gasteiger partial charge >= 0.3 is 0 Å². The van der Waals surface area contributed by atoms with Gasteiger partial charge in [0.25, 0.3) is 5.91 Å². The molecule has 0 radical (unpaired) electrons. The second-order valence-corrected chi connectivity index (χ2v) is 6.25. The van der Waals surface area contributed by atoms with Gasteiger partial charge in [0, 0.05) is 6.54 Å². The predicted octanol–water partition coefficient (Wildman–Crippen LogP) is 3.07. The molecule has 5 nitrogen and oxygen atoms in total. The van der Waals surface area contributed by atoms with Crippen LogP contribution in [0.3, 0.4) is 0 Å². The zero-order valence-electron chi connectivity index (χ0n) is 14.0. The molecule has 1 aliphatic rings. The van der Waals surface area contributed by atoms with Crippen molar-refractivity contribution in [1.29, 1.82) is 0 Å². The first kappa shape index (κ1) is 16.3. The number of nitrogens with one attached hydrogen (secondary N) is 1. The molecule has 0 unspecified atom stereocenters. The van der Waals surface area contributed by atoms with E-state index in [0.29, 0.717) is 5.56 Å². The number of hydrogen-bond donors (Lipinski definition) is 1. The van der Waals surface area contributed by atoms with E-state index in [1.165, 1.54) is 23.7 Å². The number of nitrogens with zero attached hydrogens (tertiary/aromatic N) is 1. The van der Waals surface area contributed by atoms with E-state index in [9.17, 15) is 9.59 Å². The third kappa shape index (κ3) is 3.20. The quantitative estimate of drug-likeness (QED) is 0.939. The second kappa shape index (κ2) is 6.91. The molecule has 24 heavy (non-hydrogen) atoms. The van der Waals surface area contributed by atoms with Crippen molar-refractivity contribution in [1.82, 2.24) is 10.2 Å². The molecule has 0 spiro atoms. The standard InChI is InChI=1S/C19H22N2O3/c1-13-6-3-4-7-16(13)17-8-5-10-21(17)19(23)14(2)20-18(22)15-9-11-24-12-15/h3-4,6-7,9,11-12,14,17H,5,8,10H2,1-2H3,(H,20,22)/t14-,17-/m1/s1. The van der Waals surface area contributed by atoms with Gasteiger partial charge in [0.05, 0.1) is 17.9 Å². The van der Waals surface area contributed by atoms with Crippen LogP contribution in [-0.2, 0) is 4.79 Å². The van der Waals surface area contributed by atoms with E-state index < -0.39 is 6.04 Å². The molecule has 0 aliphatic carbocycles. The highest BCUT2D eigenvalue weighted by Gasteiger charge is 2.33. The maximum absolute atomic E-state index is 12.8. The number of amides is 2. The Labute approximate surface area is 141 Å². The van der Waals surface area contributed by atoms with E-state index in [1.807, 2.05) is 17.0 Å². The van der Waals surface area contributed by atoms with Gasteiger partial charge in [-0.05, 0) is 43.9 Å². The van der Waals surface area contributed by atoms with Crippen molar-refractivity contribution in [2.45, 2.75) is 38.8 Å². The Balaban J connectivity index is 1.71. The molecule has 126 valence electrons. The second-order valence-electron chi connectivity index (χ2n) is 6.25. The van der Waals surface area contributed by atoms with Gasteiger partial charge in [0.2, 0.25) is 5.91 Å². The first-order valence-corrected chi connectivity index (χ1v) is 8.27. The van der Waals surface area contributed by atoms with Crippen molar-refractivity contribution in [3.63, 3.8) is 0 Å². The molecular formula is C19H22N2O3. The average Bonchev–Trinajstić information content (AvgIpc) is 3.26. The number of carbonyl (C=O) groups is 2. The smallest absolute Gasteiger partial charge is 0.255 e. The lowest BCUT2D eigenvalue weighted by Gasteiger charge is -2.29. The van der Waals surface area contributed by atoms with Crippen LogP contribution in [0.5, 0.6) is 0 Å². The van der Waals surface area contributed by atoms with Gasteiger partial charge in [-0.1, -0.05) is 24.3 Å². The molecule has 3 rings (SSSR count). The third-order valence-corrected chi connectivity index (χ3v) is 4.58. The summed E-state index contributed by atoms with van der Waals surface area (Å²) in [6, 6.07) is 9.27. The minimum absolute atomic E-state index is 0.0439. The number of benzene rings is 1. The number of carbonyl (C=O) groups excluding carboxylic acids is 2. The first-order valence-electron chi connectivity index (χ1n) is 8.27. The lowest BCUT2D eigenvalue weighted by atomic mass is 9.99. The number of aryl methyl sites for hydroxylation is 1. The predicted molar refractivity (Wildman–Crippen MR) is 90.5 cm³/mol. The van der Waals surface area contributed by atoms with Crippen LogP contribution in [0, 0.1) is 6.92 Å². The Morgan fingerprint density at radius 2 is 2.08 bits per heavy atom. The van der Waals surface area contributed by atoms with Crippen molar-refractivity contribution >= 4 is 11.8 Å². The molecule has 1 saturated heterocycles. The largest absolute Gasteiger partial charge is 0.472 e. The SMILES string of the molecule is Cc1ccccc1[C@H]1CCCN1C(=O)[C@@H](C)NC(=O)c1ccoc1. The van der Waals surface area contributed by atoms with Crippen LogP contribution in [0.2, 0.25) is 0 Å². The highest BCUT2D eigenvalue weighted by Crippen LogP contribution is 2.33. The summed E-state index contributed by atoms with van der Waals surface area (Å²) in [7, 11) is 0. The van der Waals surface area contributed by atoms with E-state index in [1.54, 1.807) is 13.0 Å². The summed E-state index contributed by atoms with van der Waals surface area (Å²) >= 11 is 0. The normalized spacial score (nSPS) is 18.4. The minimum atomic E-state index is -0.572. The fraction of sp³-hybridized carbons (Fsp3) is 0.368. The Hall–Kier alpha value is -2.56. The summed E-state index contributed by atoms with van der Waals surface area (Å²) < 4.78 is 4.91. The number of likely N-dealkylation sites (tertiary alicyclic amines) is 1. The zero-order valence-corrected chi connectivity index (χ0v) is 14.0. The van der Waals surface area contributed by atoms with Crippen LogP contribution in [-0.4, -0.2) is 29.3 Å². The van der Waals surface area contributed by atoms with Gasteiger partial charge < -0.3 is 14.6 Å². The van der Waals surface area contributed by atoms with Crippen molar-refractivity contribution in [2.24, 2.45) is 0 Å². The molecule has 5 heteroatoms. The van der Waals surface area contributed by atoms with Gasteiger partial charge in [-0.15, -0.1) is 0 Å². The molecule has 2 aromatic rings. The Morgan fingerprint density at radius 3 is 2.79 bits per heavy atom. The maximum atomic E-state index is 12.8. The summed E-state index contributed by atoms with van der Waals surface area (Å²) in [6.45, 7) is 4.53. The molecule has 1 N–H and O–H groups in total. The van der Waals surface area contributed by atoms with Crippen molar-refractivity contribution in [2.75, 3.05) is 6.54 Å². The summed E-state index contributed by atoms with van der Waals surface area (Å²) in [4.78, 5) is 26.8. The molecule has 2 heterocycles. The summed E-state index contributed by atoms with van der Waals surface area (Å²) in [6.07, 6.45) is 4.75. The van der Waals surface area contributed by atoms with Crippen LogP contribution in [0.1, 0.15) is 47.3 Å². The van der Waals surface area contributed by atoms with Gasteiger partial charge in [-0.25, -0.2) is 0 Å². The van der Waals surface area contributed by atoms with Gasteiger partial charge in [-0.3, -0.25) is 9.59 Å². The van der Waals surface area contributed by atoms with Gasteiger partial charge in [-0.2, -0.15) is 0 Å². The molecule has 1 aromatic carbocycles. The molecule has 0 saturated carbocycles. The van der Waals surface area contributed by atoms with Crippen LogP contribution in [0.25, 0.3) is 0 Å². The van der Waals surface area contributed by atoms with E-state index in [4.69, 9.17) is 4.42 Å². The molecule has 2 atom stereocenters. The van der Waals surface area contributed by atoms with Gasteiger partial charge in [0.15, 0.2) is 0 Å². The van der Waals surface area contributed by atoms with Crippen LogP contribution < -0.4 is 5.32 Å². The molecule has 1 fully saturated rings. The number of rotatable bonds is 4. The first-order chi connectivity index (χ1) is 11.6. The Kier molecular flexibility index (Phi) is 4.69. The lowest BCUT2D eigenvalue weighted by Crippen LogP contribution is -2.46. The lowest BCUT2D eigenvalue weighted by molar-refractivity contribution is -0.133. The van der Waals surface area contributed by atoms with E-state index in [0.717, 1.165) is 19.4 Å². The maximum Gasteiger partial charge on any atom is 0.255 e. The van der Waals surface area contributed by atoms with Crippen LogP contribution in [0.4, 0.5) is 0 Å². The molecule has 1 aromatic heterocycles. The van der Waals surface area contributed by atoms with E-state index >= 15 is 0 Å².